The average molecular weight is 227 g/mol. The fourth-order valence-electron chi connectivity index (χ4n) is 2.55. The summed E-state index contributed by atoms with van der Waals surface area (Å²) in [5.74, 6) is 0. The SMILES string of the molecule is O[C@@H]1CCN(Cc2ccc3ccccc3c2)C1. The molecule has 0 aliphatic carbocycles. The van der Waals surface area contributed by atoms with Crippen LogP contribution >= 0.6 is 0 Å². The van der Waals surface area contributed by atoms with Crippen LogP contribution in [-0.2, 0) is 6.54 Å². The van der Waals surface area contributed by atoms with Gasteiger partial charge in [-0.15, -0.1) is 0 Å². The van der Waals surface area contributed by atoms with Crippen molar-refractivity contribution < 1.29 is 5.11 Å². The Morgan fingerprint density at radius 3 is 2.71 bits per heavy atom. The van der Waals surface area contributed by atoms with Crippen molar-refractivity contribution in [2.45, 2.75) is 19.1 Å². The first-order chi connectivity index (χ1) is 8.31. The molecule has 1 aliphatic heterocycles. The number of hydrogen-bond acceptors (Lipinski definition) is 2. The van der Waals surface area contributed by atoms with Crippen LogP contribution in [-0.4, -0.2) is 29.2 Å². The molecule has 0 spiro atoms. The summed E-state index contributed by atoms with van der Waals surface area (Å²) in [6.07, 6.45) is 0.781. The van der Waals surface area contributed by atoms with Gasteiger partial charge < -0.3 is 5.11 Å². The molecule has 1 N–H and O–H groups in total. The largest absolute Gasteiger partial charge is 0.392 e. The molecule has 1 aliphatic rings. The average Bonchev–Trinajstić information content (AvgIpc) is 2.75. The van der Waals surface area contributed by atoms with Crippen molar-refractivity contribution in [1.29, 1.82) is 0 Å². The van der Waals surface area contributed by atoms with Gasteiger partial charge in [-0.2, -0.15) is 0 Å². The van der Waals surface area contributed by atoms with Crippen molar-refractivity contribution in [2.75, 3.05) is 13.1 Å². The lowest BCUT2D eigenvalue weighted by atomic mass is 10.1. The van der Waals surface area contributed by atoms with Crippen LogP contribution in [0.5, 0.6) is 0 Å². The van der Waals surface area contributed by atoms with Gasteiger partial charge in [-0.1, -0.05) is 36.4 Å². The summed E-state index contributed by atoms with van der Waals surface area (Å²) >= 11 is 0. The summed E-state index contributed by atoms with van der Waals surface area (Å²) in [6.45, 7) is 2.77. The van der Waals surface area contributed by atoms with Crippen LogP contribution in [0.3, 0.4) is 0 Å². The monoisotopic (exact) mass is 227 g/mol. The van der Waals surface area contributed by atoms with Crippen LogP contribution < -0.4 is 0 Å². The molecule has 17 heavy (non-hydrogen) atoms. The molecule has 2 nitrogen and oxygen atoms in total. The second-order valence-corrected chi connectivity index (χ2v) is 4.86. The number of hydrogen-bond donors (Lipinski definition) is 1. The number of β-amino-alcohol motifs (C(OH)–C–C–N with tert-alkyl or cyclic N) is 1. The van der Waals surface area contributed by atoms with Gasteiger partial charge in [0.25, 0.3) is 0 Å². The smallest absolute Gasteiger partial charge is 0.0679 e. The Bertz CT molecular complexity index is 523. The highest BCUT2D eigenvalue weighted by Gasteiger charge is 2.19. The van der Waals surface area contributed by atoms with Crippen molar-refractivity contribution in [1.82, 2.24) is 4.90 Å². The van der Waals surface area contributed by atoms with Crippen molar-refractivity contribution in [3.63, 3.8) is 0 Å². The zero-order valence-corrected chi connectivity index (χ0v) is 9.84. The van der Waals surface area contributed by atoms with Crippen LogP contribution in [0.4, 0.5) is 0 Å². The molecule has 0 aromatic heterocycles. The summed E-state index contributed by atoms with van der Waals surface area (Å²) < 4.78 is 0. The lowest BCUT2D eigenvalue weighted by Crippen LogP contribution is -2.21. The third-order valence-corrected chi connectivity index (χ3v) is 3.47. The number of aliphatic hydroxyl groups excluding tert-OH is 1. The van der Waals surface area contributed by atoms with Gasteiger partial charge in [-0.3, -0.25) is 4.90 Å². The van der Waals surface area contributed by atoms with Gasteiger partial charge in [0, 0.05) is 19.6 Å². The standard InChI is InChI=1S/C15H17NO/c17-15-7-8-16(11-15)10-12-5-6-13-3-1-2-4-14(13)9-12/h1-6,9,15,17H,7-8,10-11H2/t15-/m1/s1. The van der Waals surface area contributed by atoms with Crippen molar-refractivity contribution in [2.24, 2.45) is 0 Å². The van der Waals surface area contributed by atoms with Crippen LogP contribution in [0.1, 0.15) is 12.0 Å². The Balaban J connectivity index is 1.81. The third kappa shape index (κ3) is 2.33. The molecule has 2 aromatic rings. The van der Waals surface area contributed by atoms with Gasteiger partial charge >= 0.3 is 0 Å². The molecule has 1 fully saturated rings. The predicted octanol–water partition coefficient (Wildman–Crippen LogP) is 2.41. The van der Waals surface area contributed by atoms with Crippen molar-refractivity contribution in [3.8, 4) is 0 Å². The fourth-order valence-corrected chi connectivity index (χ4v) is 2.55. The maximum atomic E-state index is 9.51. The third-order valence-electron chi connectivity index (χ3n) is 3.47. The lowest BCUT2D eigenvalue weighted by Gasteiger charge is -2.15. The van der Waals surface area contributed by atoms with Gasteiger partial charge in [-0.25, -0.2) is 0 Å². The van der Waals surface area contributed by atoms with E-state index in [2.05, 4.69) is 47.4 Å². The fraction of sp³-hybridized carbons (Fsp3) is 0.333. The molecule has 0 saturated carbocycles. The molecule has 88 valence electrons. The van der Waals surface area contributed by atoms with Gasteiger partial charge in [0.1, 0.15) is 0 Å². The van der Waals surface area contributed by atoms with E-state index < -0.39 is 0 Å². The summed E-state index contributed by atoms with van der Waals surface area (Å²) in [7, 11) is 0. The topological polar surface area (TPSA) is 23.5 Å². The quantitative estimate of drug-likeness (QED) is 0.851. The highest BCUT2D eigenvalue weighted by molar-refractivity contribution is 5.82. The van der Waals surface area contributed by atoms with E-state index in [0.717, 1.165) is 26.1 Å². The van der Waals surface area contributed by atoms with Crippen molar-refractivity contribution >= 4 is 10.8 Å². The molecular formula is C15H17NO. The first-order valence-electron chi connectivity index (χ1n) is 6.19. The Labute approximate surface area is 101 Å². The van der Waals surface area contributed by atoms with Gasteiger partial charge in [0.05, 0.1) is 6.10 Å². The number of rotatable bonds is 2. The Morgan fingerprint density at radius 2 is 1.94 bits per heavy atom. The Hall–Kier alpha value is -1.38. The van der Waals surface area contributed by atoms with Crippen molar-refractivity contribution in [3.05, 3.63) is 48.0 Å². The van der Waals surface area contributed by atoms with E-state index in [1.165, 1.54) is 16.3 Å². The normalized spacial score (nSPS) is 21.1. The van der Waals surface area contributed by atoms with E-state index in [1.807, 2.05) is 0 Å². The summed E-state index contributed by atoms with van der Waals surface area (Å²) in [6, 6.07) is 15.0. The van der Waals surface area contributed by atoms with E-state index in [-0.39, 0.29) is 6.10 Å². The van der Waals surface area contributed by atoms with Crippen LogP contribution in [0.15, 0.2) is 42.5 Å². The van der Waals surface area contributed by atoms with E-state index in [0.29, 0.717) is 0 Å². The predicted molar refractivity (Wildman–Crippen MR) is 69.8 cm³/mol. The summed E-state index contributed by atoms with van der Waals surface area (Å²) in [4.78, 5) is 2.31. The molecule has 0 bridgehead atoms. The van der Waals surface area contributed by atoms with E-state index >= 15 is 0 Å². The molecular weight excluding hydrogens is 210 g/mol. The second-order valence-electron chi connectivity index (χ2n) is 4.86. The summed E-state index contributed by atoms with van der Waals surface area (Å²) in [5, 5.41) is 12.1. The zero-order valence-electron chi connectivity index (χ0n) is 9.84. The Morgan fingerprint density at radius 1 is 1.12 bits per heavy atom. The van der Waals surface area contributed by atoms with E-state index in [4.69, 9.17) is 0 Å². The highest BCUT2D eigenvalue weighted by atomic mass is 16.3. The number of fused-ring (bicyclic) bond motifs is 1. The summed E-state index contributed by atoms with van der Waals surface area (Å²) in [5.41, 5.74) is 1.33. The molecule has 2 aromatic carbocycles. The molecule has 3 rings (SSSR count). The van der Waals surface area contributed by atoms with Gasteiger partial charge in [0.2, 0.25) is 0 Å². The van der Waals surface area contributed by atoms with Crippen LogP contribution in [0.2, 0.25) is 0 Å². The first-order valence-corrected chi connectivity index (χ1v) is 6.19. The maximum absolute atomic E-state index is 9.51. The number of likely N-dealkylation sites (tertiary alicyclic amines) is 1. The second kappa shape index (κ2) is 4.47. The van der Waals surface area contributed by atoms with Crippen LogP contribution in [0, 0.1) is 0 Å². The molecule has 2 heteroatoms. The minimum Gasteiger partial charge on any atom is -0.392 e. The molecule has 0 amide bonds. The molecule has 1 saturated heterocycles. The molecule has 1 atom stereocenters. The maximum Gasteiger partial charge on any atom is 0.0679 e. The minimum atomic E-state index is -0.129. The lowest BCUT2D eigenvalue weighted by molar-refractivity contribution is 0.175. The number of nitrogens with zero attached hydrogens (tertiary/aromatic N) is 1. The van der Waals surface area contributed by atoms with E-state index in [1.54, 1.807) is 0 Å². The van der Waals surface area contributed by atoms with E-state index in [9.17, 15) is 5.11 Å². The van der Waals surface area contributed by atoms with Gasteiger partial charge in [-0.05, 0) is 28.8 Å². The highest BCUT2D eigenvalue weighted by Crippen LogP contribution is 2.18. The van der Waals surface area contributed by atoms with Gasteiger partial charge in [0.15, 0.2) is 0 Å². The number of aliphatic hydroxyl groups is 1. The molecule has 0 unspecified atom stereocenters. The Kier molecular flexibility index (Phi) is 2.83. The first kappa shape index (κ1) is 10.8. The number of benzene rings is 2. The zero-order chi connectivity index (χ0) is 11.7. The van der Waals surface area contributed by atoms with Crippen LogP contribution in [0.25, 0.3) is 10.8 Å². The minimum absolute atomic E-state index is 0.129. The molecule has 1 heterocycles. The molecule has 0 radical (unpaired) electrons.